The second kappa shape index (κ2) is 5.48. The lowest BCUT2D eigenvalue weighted by molar-refractivity contribution is -0.117. The fraction of sp³-hybridized carbons (Fsp3) is 0.214. The van der Waals surface area contributed by atoms with Crippen molar-refractivity contribution < 1.29 is 4.79 Å². The molecule has 2 rings (SSSR count). The number of rotatable bonds is 4. The molecule has 1 aromatic carbocycles. The summed E-state index contributed by atoms with van der Waals surface area (Å²) in [5.74, 6) is 0.411. The van der Waals surface area contributed by atoms with Gasteiger partial charge in [-0.15, -0.1) is 0 Å². The zero-order valence-corrected chi connectivity index (χ0v) is 10.9. The number of carbonyl (C=O) groups is 1. The van der Waals surface area contributed by atoms with Crippen LogP contribution in [0.3, 0.4) is 0 Å². The van der Waals surface area contributed by atoms with Gasteiger partial charge in [0.25, 0.3) is 5.56 Å². The first kappa shape index (κ1) is 13.0. The van der Waals surface area contributed by atoms with E-state index in [1.54, 1.807) is 7.05 Å². The van der Waals surface area contributed by atoms with Crippen LogP contribution < -0.4 is 10.9 Å². The number of anilines is 1. The van der Waals surface area contributed by atoms with Crippen LogP contribution in [0.1, 0.15) is 6.92 Å². The maximum absolute atomic E-state index is 12.2. The predicted octanol–water partition coefficient (Wildman–Crippen LogP) is 1.54. The van der Waals surface area contributed by atoms with E-state index in [2.05, 4.69) is 10.3 Å². The highest BCUT2D eigenvalue weighted by molar-refractivity contribution is 5.76. The summed E-state index contributed by atoms with van der Waals surface area (Å²) in [6, 6.07) is 9.34. The number of hydrogen-bond acceptors (Lipinski definition) is 4. The van der Waals surface area contributed by atoms with Gasteiger partial charge in [-0.2, -0.15) is 0 Å². The molecule has 0 fully saturated rings. The molecule has 0 saturated heterocycles. The Labute approximate surface area is 110 Å². The Morgan fingerprint density at radius 3 is 2.58 bits per heavy atom. The molecule has 0 unspecified atom stereocenters. The lowest BCUT2D eigenvalue weighted by Crippen LogP contribution is -2.27. The van der Waals surface area contributed by atoms with Crippen LogP contribution in [0.5, 0.6) is 0 Å². The third-order valence-corrected chi connectivity index (χ3v) is 2.73. The van der Waals surface area contributed by atoms with E-state index in [1.165, 1.54) is 17.7 Å². The summed E-state index contributed by atoms with van der Waals surface area (Å²) < 4.78 is 1.39. The number of nitrogens with one attached hydrogen (secondary N) is 1. The van der Waals surface area contributed by atoms with E-state index < -0.39 is 0 Å². The van der Waals surface area contributed by atoms with Crippen molar-refractivity contribution in [2.45, 2.75) is 13.5 Å². The first-order chi connectivity index (χ1) is 9.13. The van der Waals surface area contributed by atoms with Gasteiger partial charge >= 0.3 is 0 Å². The topological polar surface area (TPSA) is 64.0 Å². The number of aromatic nitrogens is 2. The molecule has 1 heterocycles. The fourth-order valence-corrected chi connectivity index (χ4v) is 1.85. The maximum Gasteiger partial charge on any atom is 0.277 e. The van der Waals surface area contributed by atoms with Gasteiger partial charge in [0.15, 0.2) is 0 Å². The molecule has 5 nitrogen and oxygen atoms in total. The minimum Gasteiger partial charge on any atom is -0.382 e. The SMILES string of the molecule is CNc1cnc(-c2ccccc2)n(CC(C)=O)c1=O. The lowest BCUT2D eigenvalue weighted by Gasteiger charge is -2.12. The summed E-state index contributed by atoms with van der Waals surface area (Å²) in [4.78, 5) is 27.9. The Balaban J connectivity index is 2.64. The number of nitrogens with zero attached hydrogens (tertiary/aromatic N) is 2. The number of ketones is 1. The molecular formula is C14H15N3O2. The Bertz CT molecular complexity index is 647. The van der Waals surface area contributed by atoms with E-state index in [0.717, 1.165) is 5.56 Å². The summed E-state index contributed by atoms with van der Waals surface area (Å²) in [5, 5.41) is 2.78. The van der Waals surface area contributed by atoms with E-state index in [4.69, 9.17) is 0 Å². The van der Waals surface area contributed by atoms with Gasteiger partial charge in [-0.3, -0.25) is 14.2 Å². The Hall–Kier alpha value is -2.43. The third-order valence-electron chi connectivity index (χ3n) is 2.73. The van der Waals surface area contributed by atoms with Crippen LogP contribution in [0.25, 0.3) is 11.4 Å². The smallest absolute Gasteiger partial charge is 0.277 e. The third kappa shape index (κ3) is 2.70. The summed E-state index contributed by atoms with van der Waals surface area (Å²) in [5.41, 5.74) is 0.941. The van der Waals surface area contributed by atoms with Gasteiger partial charge in [-0.25, -0.2) is 4.98 Å². The van der Waals surface area contributed by atoms with Crippen LogP contribution in [0.4, 0.5) is 5.69 Å². The molecular weight excluding hydrogens is 242 g/mol. The van der Waals surface area contributed by atoms with Crippen LogP contribution in [-0.2, 0) is 11.3 Å². The Morgan fingerprint density at radius 2 is 2.00 bits per heavy atom. The monoisotopic (exact) mass is 257 g/mol. The van der Waals surface area contributed by atoms with Gasteiger partial charge < -0.3 is 5.32 Å². The standard InChI is InChI=1S/C14H15N3O2/c1-10(18)9-17-13(11-6-4-3-5-7-11)16-8-12(15-2)14(17)19/h3-8,15H,9H2,1-2H3. The highest BCUT2D eigenvalue weighted by atomic mass is 16.1. The van der Waals surface area contributed by atoms with Crippen LogP contribution in [0.15, 0.2) is 41.3 Å². The van der Waals surface area contributed by atoms with Crippen LogP contribution in [0.2, 0.25) is 0 Å². The van der Waals surface area contributed by atoms with Gasteiger partial charge in [0.05, 0.1) is 12.7 Å². The van der Waals surface area contributed by atoms with Crippen molar-refractivity contribution in [3.8, 4) is 11.4 Å². The van der Waals surface area contributed by atoms with E-state index in [1.807, 2.05) is 30.3 Å². The van der Waals surface area contributed by atoms with Gasteiger partial charge in [0, 0.05) is 12.6 Å². The van der Waals surface area contributed by atoms with Crippen molar-refractivity contribution >= 4 is 11.5 Å². The van der Waals surface area contributed by atoms with Crippen LogP contribution >= 0.6 is 0 Å². The molecule has 0 spiro atoms. The molecule has 0 atom stereocenters. The molecule has 5 heteroatoms. The predicted molar refractivity (Wildman–Crippen MR) is 74.2 cm³/mol. The zero-order valence-electron chi connectivity index (χ0n) is 10.9. The first-order valence-electron chi connectivity index (χ1n) is 5.96. The molecule has 0 bridgehead atoms. The Kier molecular flexibility index (Phi) is 3.75. The molecule has 0 aliphatic heterocycles. The highest BCUT2D eigenvalue weighted by Crippen LogP contribution is 2.15. The van der Waals surface area contributed by atoms with Crippen molar-refractivity contribution in [2.24, 2.45) is 0 Å². The summed E-state index contributed by atoms with van der Waals surface area (Å²) in [6.07, 6.45) is 1.49. The molecule has 98 valence electrons. The van der Waals surface area contributed by atoms with Gasteiger partial charge in [-0.05, 0) is 6.92 Å². The largest absolute Gasteiger partial charge is 0.382 e. The molecule has 0 aliphatic carbocycles. The molecule has 1 aromatic heterocycles. The van der Waals surface area contributed by atoms with Crippen molar-refractivity contribution in [1.29, 1.82) is 0 Å². The summed E-state index contributed by atoms with van der Waals surface area (Å²) in [7, 11) is 1.65. The van der Waals surface area contributed by atoms with Gasteiger partial charge in [0.1, 0.15) is 17.3 Å². The number of Topliss-reactive ketones (excluding diaryl/α,β-unsaturated/α-hetero) is 1. The molecule has 2 aromatic rings. The summed E-state index contributed by atoms with van der Waals surface area (Å²) in [6.45, 7) is 1.47. The lowest BCUT2D eigenvalue weighted by atomic mass is 10.2. The highest BCUT2D eigenvalue weighted by Gasteiger charge is 2.12. The molecule has 0 amide bonds. The number of carbonyl (C=O) groups excluding carboxylic acids is 1. The molecule has 19 heavy (non-hydrogen) atoms. The second-order valence-electron chi connectivity index (χ2n) is 4.20. The van der Waals surface area contributed by atoms with Crippen molar-refractivity contribution in [2.75, 3.05) is 12.4 Å². The van der Waals surface area contributed by atoms with E-state index in [0.29, 0.717) is 11.5 Å². The van der Waals surface area contributed by atoms with Crippen molar-refractivity contribution in [1.82, 2.24) is 9.55 Å². The first-order valence-corrected chi connectivity index (χ1v) is 5.96. The van der Waals surface area contributed by atoms with Crippen molar-refractivity contribution in [3.05, 3.63) is 46.9 Å². The van der Waals surface area contributed by atoms with E-state index >= 15 is 0 Å². The minimum atomic E-state index is -0.244. The number of benzene rings is 1. The average Bonchev–Trinajstić information content (AvgIpc) is 2.41. The second-order valence-corrected chi connectivity index (χ2v) is 4.20. The molecule has 0 saturated carbocycles. The average molecular weight is 257 g/mol. The normalized spacial score (nSPS) is 10.2. The van der Waals surface area contributed by atoms with Crippen molar-refractivity contribution in [3.63, 3.8) is 0 Å². The molecule has 1 N–H and O–H groups in total. The maximum atomic E-state index is 12.2. The van der Waals surface area contributed by atoms with Gasteiger partial charge in [0.2, 0.25) is 0 Å². The van der Waals surface area contributed by atoms with Crippen LogP contribution in [0, 0.1) is 0 Å². The number of hydrogen-bond donors (Lipinski definition) is 1. The van der Waals surface area contributed by atoms with E-state index in [-0.39, 0.29) is 17.9 Å². The quantitative estimate of drug-likeness (QED) is 0.902. The fourth-order valence-electron chi connectivity index (χ4n) is 1.85. The molecule has 0 aliphatic rings. The zero-order chi connectivity index (χ0) is 13.8. The molecule has 0 radical (unpaired) electrons. The van der Waals surface area contributed by atoms with Crippen LogP contribution in [-0.4, -0.2) is 22.4 Å². The van der Waals surface area contributed by atoms with Gasteiger partial charge in [-0.1, -0.05) is 30.3 Å². The minimum absolute atomic E-state index is 0.0194. The summed E-state index contributed by atoms with van der Waals surface area (Å²) >= 11 is 0. The van der Waals surface area contributed by atoms with E-state index in [9.17, 15) is 9.59 Å². The Morgan fingerprint density at radius 1 is 1.32 bits per heavy atom.